The molecule has 0 saturated heterocycles. The third-order valence-electron chi connectivity index (χ3n) is 4.18. The monoisotopic (exact) mass is 280 g/mol. The van der Waals surface area contributed by atoms with E-state index in [2.05, 4.69) is 30.0 Å². The summed E-state index contributed by atoms with van der Waals surface area (Å²) in [5.41, 5.74) is 3.58. The maximum absolute atomic E-state index is 14.0. The van der Waals surface area contributed by atoms with Gasteiger partial charge in [0.25, 0.3) is 0 Å². The van der Waals surface area contributed by atoms with E-state index in [-0.39, 0.29) is 5.82 Å². The molecule has 1 aliphatic heterocycles. The first-order valence-corrected chi connectivity index (χ1v) is 7.22. The van der Waals surface area contributed by atoms with Crippen LogP contribution in [0.2, 0.25) is 0 Å². The number of rotatable bonds is 2. The Balaban J connectivity index is 1.96. The highest BCUT2D eigenvalue weighted by Crippen LogP contribution is 2.32. The third kappa shape index (κ3) is 2.62. The molecule has 106 valence electrons. The maximum Gasteiger partial charge on any atom is 0.128 e. The van der Waals surface area contributed by atoms with Crippen LogP contribution in [0.25, 0.3) is 0 Å². The Morgan fingerprint density at radius 1 is 1.29 bits per heavy atom. The van der Waals surface area contributed by atoms with E-state index >= 15 is 0 Å². The molecule has 1 aliphatic rings. The zero-order chi connectivity index (χ0) is 14.8. The smallest absolute Gasteiger partial charge is 0.128 e. The molecule has 3 heteroatoms. The number of hydrogen-bond donors (Lipinski definition) is 0. The summed E-state index contributed by atoms with van der Waals surface area (Å²) in [4.78, 5) is 2.23. The van der Waals surface area contributed by atoms with Crippen LogP contribution in [-0.2, 0) is 13.0 Å². The lowest BCUT2D eigenvalue weighted by Crippen LogP contribution is -2.36. The number of anilines is 1. The van der Waals surface area contributed by atoms with E-state index in [4.69, 9.17) is 5.26 Å². The molecule has 2 aromatic rings. The summed E-state index contributed by atoms with van der Waals surface area (Å²) in [5.74, 6) is -0.246. The summed E-state index contributed by atoms with van der Waals surface area (Å²) >= 11 is 0. The standard InChI is InChI=1S/C18H17FN2/c1-13-6-8-15-4-2-3-5-18(15)21(13)12-16-10-14(11-20)7-9-17(16)19/h2-5,7,9-10,13H,6,8,12H2,1H3/t13-/m1/s1. The van der Waals surface area contributed by atoms with Crippen molar-refractivity contribution in [1.29, 1.82) is 5.26 Å². The zero-order valence-corrected chi connectivity index (χ0v) is 12.0. The number of nitrogens with zero attached hydrogens (tertiary/aromatic N) is 2. The first-order chi connectivity index (χ1) is 10.2. The van der Waals surface area contributed by atoms with Crippen LogP contribution in [0.4, 0.5) is 10.1 Å². The van der Waals surface area contributed by atoms with Gasteiger partial charge in [-0.1, -0.05) is 18.2 Å². The van der Waals surface area contributed by atoms with Crippen LogP contribution in [0.15, 0.2) is 42.5 Å². The Morgan fingerprint density at radius 3 is 2.90 bits per heavy atom. The normalized spacial score (nSPS) is 17.2. The van der Waals surface area contributed by atoms with E-state index in [1.807, 2.05) is 12.1 Å². The second-order valence-corrected chi connectivity index (χ2v) is 5.56. The van der Waals surface area contributed by atoms with Gasteiger partial charge in [-0.2, -0.15) is 5.26 Å². The summed E-state index contributed by atoms with van der Waals surface area (Å²) in [5, 5.41) is 8.98. The molecule has 0 amide bonds. The third-order valence-corrected chi connectivity index (χ3v) is 4.18. The number of aryl methyl sites for hydroxylation is 1. The van der Waals surface area contributed by atoms with Crippen molar-refractivity contribution >= 4 is 5.69 Å². The second kappa shape index (κ2) is 5.57. The minimum absolute atomic E-state index is 0.246. The molecule has 0 N–H and O–H groups in total. The van der Waals surface area contributed by atoms with Gasteiger partial charge in [0.2, 0.25) is 0 Å². The molecule has 2 aromatic carbocycles. The largest absolute Gasteiger partial charge is 0.364 e. The van der Waals surface area contributed by atoms with Gasteiger partial charge in [-0.15, -0.1) is 0 Å². The quantitative estimate of drug-likeness (QED) is 0.830. The molecule has 1 atom stereocenters. The minimum Gasteiger partial charge on any atom is -0.364 e. The fraction of sp³-hybridized carbons (Fsp3) is 0.278. The molecule has 0 aliphatic carbocycles. The molecule has 2 nitrogen and oxygen atoms in total. The lowest BCUT2D eigenvalue weighted by atomic mass is 9.96. The zero-order valence-electron chi connectivity index (χ0n) is 12.0. The topological polar surface area (TPSA) is 27.0 Å². The fourth-order valence-electron chi connectivity index (χ4n) is 2.95. The van der Waals surface area contributed by atoms with Crippen molar-refractivity contribution in [1.82, 2.24) is 0 Å². The molecule has 0 radical (unpaired) electrons. The average Bonchev–Trinajstić information content (AvgIpc) is 2.52. The Hall–Kier alpha value is -2.34. The van der Waals surface area contributed by atoms with E-state index in [0.29, 0.717) is 23.7 Å². The lowest BCUT2D eigenvalue weighted by molar-refractivity contribution is 0.543. The molecule has 0 unspecified atom stereocenters. The van der Waals surface area contributed by atoms with Crippen LogP contribution in [0, 0.1) is 17.1 Å². The van der Waals surface area contributed by atoms with Crippen LogP contribution in [0.3, 0.4) is 0 Å². The molecular weight excluding hydrogens is 263 g/mol. The van der Waals surface area contributed by atoms with E-state index in [9.17, 15) is 4.39 Å². The Bertz CT molecular complexity index is 703. The van der Waals surface area contributed by atoms with Crippen LogP contribution in [0.5, 0.6) is 0 Å². The Morgan fingerprint density at radius 2 is 2.10 bits per heavy atom. The molecular formula is C18H17FN2. The summed E-state index contributed by atoms with van der Waals surface area (Å²) in [6.45, 7) is 2.67. The van der Waals surface area contributed by atoms with E-state index in [1.165, 1.54) is 23.4 Å². The van der Waals surface area contributed by atoms with Gasteiger partial charge in [0.1, 0.15) is 5.82 Å². The van der Waals surface area contributed by atoms with Crippen molar-refractivity contribution in [2.75, 3.05) is 4.90 Å². The van der Waals surface area contributed by atoms with Gasteiger partial charge < -0.3 is 4.90 Å². The van der Waals surface area contributed by atoms with Crippen LogP contribution < -0.4 is 4.90 Å². The first kappa shape index (κ1) is 13.6. The number of halogens is 1. The summed E-state index contributed by atoms with van der Waals surface area (Å²) in [6, 6.07) is 15.3. The van der Waals surface area contributed by atoms with Crippen LogP contribution in [0.1, 0.15) is 30.0 Å². The number of nitriles is 1. The maximum atomic E-state index is 14.0. The van der Waals surface area contributed by atoms with Crippen LogP contribution >= 0.6 is 0 Å². The van der Waals surface area contributed by atoms with Crippen molar-refractivity contribution in [3.8, 4) is 6.07 Å². The lowest BCUT2D eigenvalue weighted by Gasteiger charge is -2.37. The SMILES string of the molecule is C[C@@H]1CCc2ccccc2N1Cc1cc(C#N)ccc1F. The molecule has 0 bridgehead atoms. The van der Waals surface area contributed by atoms with Crippen LogP contribution in [-0.4, -0.2) is 6.04 Å². The highest BCUT2D eigenvalue weighted by atomic mass is 19.1. The predicted octanol–water partition coefficient (Wildman–Crippen LogP) is 4.04. The molecule has 21 heavy (non-hydrogen) atoms. The molecule has 1 heterocycles. The Kier molecular flexibility index (Phi) is 3.62. The van der Waals surface area contributed by atoms with Crippen molar-refractivity contribution in [2.24, 2.45) is 0 Å². The van der Waals surface area contributed by atoms with Crippen molar-refractivity contribution < 1.29 is 4.39 Å². The van der Waals surface area contributed by atoms with Gasteiger partial charge in [0, 0.05) is 23.8 Å². The number of hydrogen-bond acceptors (Lipinski definition) is 2. The first-order valence-electron chi connectivity index (χ1n) is 7.22. The van der Waals surface area contributed by atoms with Gasteiger partial charge >= 0.3 is 0 Å². The molecule has 0 aromatic heterocycles. The summed E-state index contributed by atoms with van der Waals surface area (Å²) in [7, 11) is 0. The highest BCUT2D eigenvalue weighted by Gasteiger charge is 2.23. The number of para-hydroxylation sites is 1. The van der Waals surface area contributed by atoms with Gasteiger partial charge in [-0.3, -0.25) is 0 Å². The molecule has 0 spiro atoms. The molecule has 0 fully saturated rings. The fourth-order valence-corrected chi connectivity index (χ4v) is 2.95. The molecule has 3 rings (SSSR count). The van der Waals surface area contributed by atoms with Gasteiger partial charge in [0.15, 0.2) is 0 Å². The van der Waals surface area contributed by atoms with Gasteiger partial charge in [-0.25, -0.2) is 4.39 Å². The second-order valence-electron chi connectivity index (χ2n) is 5.56. The molecule has 0 saturated carbocycles. The van der Waals surface area contributed by atoms with E-state index < -0.39 is 0 Å². The van der Waals surface area contributed by atoms with Crippen molar-refractivity contribution in [2.45, 2.75) is 32.4 Å². The Labute approximate surface area is 124 Å². The average molecular weight is 280 g/mol. The minimum atomic E-state index is -0.246. The number of fused-ring (bicyclic) bond motifs is 1. The van der Waals surface area contributed by atoms with Crippen molar-refractivity contribution in [3.05, 3.63) is 65.0 Å². The van der Waals surface area contributed by atoms with Gasteiger partial charge in [-0.05, 0) is 49.6 Å². The summed E-state index contributed by atoms with van der Waals surface area (Å²) < 4.78 is 14.0. The predicted molar refractivity (Wildman–Crippen MR) is 81.5 cm³/mol. The van der Waals surface area contributed by atoms with E-state index in [0.717, 1.165) is 12.8 Å². The summed E-state index contributed by atoms with van der Waals surface area (Å²) in [6.07, 6.45) is 2.13. The van der Waals surface area contributed by atoms with Gasteiger partial charge in [0.05, 0.1) is 11.6 Å². The van der Waals surface area contributed by atoms with Crippen molar-refractivity contribution in [3.63, 3.8) is 0 Å². The highest BCUT2D eigenvalue weighted by molar-refractivity contribution is 5.57. The number of benzene rings is 2. The van der Waals surface area contributed by atoms with E-state index in [1.54, 1.807) is 6.07 Å².